The second-order valence-corrected chi connectivity index (χ2v) is 5.02. The summed E-state index contributed by atoms with van der Waals surface area (Å²) in [4.78, 5) is 7.47. The summed E-state index contributed by atoms with van der Waals surface area (Å²) in [7, 11) is 1.62. The molecule has 0 unspecified atom stereocenters. The van der Waals surface area contributed by atoms with E-state index < -0.39 is 0 Å². The number of methoxy groups -OCH3 is 1. The van der Waals surface area contributed by atoms with Crippen molar-refractivity contribution in [3.05, 3.63) is 33.6 Å². The molecule has 0 aliphatic heterocycles. The average molecular weight is 331 g/mol. The zero-order chi connectivity index (χ0) is 13.1. The smallest absolute Gasteiger partial charge is 0.134 e. The number of hydrogen-bond acceptors (Lipinski definition) is 3. The summed E-state index contributed by atoms with van der Waals surface area (Å²) in [6.45, 7) is 0.527. The first kappa shape index (κ1) is 13.4. The second-order valence-electron chi connectivity index (χ2n) is 3.73. The molecule has 0 aliphatic carbocycles. The van der Waals surface area contributed by atoms with Gasteiger partial charge in [-0.05, 0) is 24.7 Å². The van der Waals surface area contributed by atoms with Crippen molar-refractivity contribution in [2.24, 2.45) is 5.73 Å². The predicted octanol–water partition coefficient (Wildman–Crippen LogP) is 3.00. The summed E-state index contributed by atoms with van der Waals surface area (Å²) in [5.41, 5.74) is 7.03. The standard InChI is InChI=1S/C12H13BrClN3O/c1-18-9-3-2-7(13)6-8(9)11-12(14)17-10(16-11)4-5-15/h2-3,6H,4-5,15H2,1H3,(H,16,17). The Balaban J connectivity index is 2.50. The molecule has 1 aromatic heterocycles. The lowest BCUT2D eigenvalue weighted by Gasteiger charge is -2.06. The van der Waals surface area contributed by atoms with E-state index in [0.717, 1.165) is 21.6 Å². The van der Waals surface area contributed by atoms with Gasteiger partial charge in [0, 0.05) is 16.5 Å². The molecule has 18 heavy (non-hydrogen) atoms. The number of nitrogens with zero attached hydrogens (tertiary/aromatic N) is 1. The molecule has 0 saturated heterocycles. The van der Waals surface area contributed by atoms with Gasteiger partial charge >= 0.3 is 0 Å². The molecular weight excluding hydrogens is 318 g/mol. The van der Waals surface area contributed by atoms with Gasteiger partial charge in [0.25, 0.3) is 0 Å². The van der Waals surface area contributed by atoms with Gasteiger partial charge < -0.3 is 15.5 Å². The van der Waals surface area contributed by atoms with Crippen molar-refractivity contribution in [1.29, 1.82) is 0 Å². The maximum Gasteiger partial charge on any atom is 0.134 e. The highest BCUT2D eigenvalue weighted by Gasteiger charge is 2.15. The molecule has 0 aliphatic rings. The molecule has 0 bridgehead atoms. The number of hydrogen-bond donors (Lipinski definition) is 2. The number of imidazole rings is 1. The minimum atomic E-state index is 0.495. The number of nitrogens with two attached hydrogens (primary N) is 1. The van der Waals surface area contributed by atoms with Gasteiger partial charge in [-0.2, -0.15) is 0 Å². The van der Waals surface area contributed by atoms with Crippen LogP contribution < -0.4 is 10.5 Å². The lowest BCUT2D eigenvalue weighted by atomic mass is 10.1. The molecule has 2 aromatic rings. The molecule has 3 N–H and O–H groups in total. The van der Waals surface area contributed by atoms with E-state index >= 15 is 0 Å². The van der Waals surface area contributed by atoms with Crippen LogP contribution in [-0.4, -0.2) is 23.6 Å². The number of H-pyrrole nitrogens is 1. The molecule has 6 heteroatoms. The molecular formula is C12H13BrClN3O. The second kappa shape index (κ2) is 5.73. The summed E-state index contributed by atoms with van der Waals surface area (Å²) in [5, 5.41) is 0.495. The minimum absolute atomic E-state index is 0.495. The van der Waals surface area contributed by atoms with Gasteiger partial charge in [0.2, 0.25) is 0 Å². The fourth-order valence-electron chi connectivity index (χ4n) is 1.70. The van der Waals surface area contributed by atoms with Crippen LogP contribution in [0.2, 0.25) is 5.15 Å². The number of benzene rings is 1. The Labute approximate surface area is 119 Å². The lowest BCUT2D eigenvalue weighted by Crippen LogP contribution is -2.03. The van der Waals surface area contributed by atoms with Gasteiger partial charge in [-0.3, -0.25) is 0 Å². The summed E-state index contributed by atoms with van der Waals surface area (Å²) >= 11 is 9.60. The van der Waals surface area contributed by atoms with Crippen molar-refractivity contribution in [2.75, 3.05) is 13.7 Å². The Hall–Kier alpha value is -1.04. The largest absolute Gasteiger partial charge is 0.496 e. The van der Waals surface area contributed by atoms with Crippen molar-refractivity contribution in [2.45, 2.75) is 6.42 Å². The molecule has 96 valence electrons. The molecule has 0 radical (unpaired) electrons. The Morgan fingerprint density at radius 3 is 2.94 bits per heavy atom. The number of rotatable bonds is 4. The van der Waals surface area contributed by atoms with Crippen LogP contribution in [-0.2, 0) is 6.42 Å². The molecule has 0 saturated carbocycles. The summed E-state index contributed by atoms with van der Waals surface area (Å²) in [5.74, 6) is 1.51. The van der Waals surface area contributed by atoms with Crippen molar-refractivity contribution >= 4 is 27.5 Å². The number of halogens is 2. The monoisotopic (exact) mass is 329 g/mol. The maximum absolute atomic E-state index is 6.17. The normalized spacial score (nSPS) is 10.7. The topological polar surface area (TPSA) is 63.9 Å². The Morgan fingerprint density at radius 2 is 2.28 bits per heavy atom. The third-order valence-corrected chi connectivity index (χ3v) is 3.27. The van der Waals surface area contributed by atoms with Crippen LogP contribution in [0, 0.1) is 0 Å². The van der Waals surface area contributed by atoms with Crippen LogP contribution in [0.3, 0.4) is 0 Å². The average Bonchev–Trinajstić information content (AvgIpc) is 2.70. The van der Waals surface area contributed by atoms with Crippen molar-refractivity contribution in [3.63, 3.8) is 0 Å². The Kier molecular flexibility index (Phi) is 4.27. The first-order valence-electron chi connectivity index (χ1n) is 5.44. The van der Waals surface area contributed by atoms with Crippen LogP contribution >= 0.6 is 27.5 Å². The SMILES string of the molecule is COc1ccc(Br)cc1-c1nc(CCN)[nH]c1Cl. The van der Waals surface area contributed by atoms with Crippen LogP contribution in [0.25, 0.3) is 11.3 Å². The molecule has 1 heterocycles. The molecule has 0 atom stereocenters. The third kappa shape index (κ3) is 2.68. The van der Waals surface area contributed by atoms with E-state index in [2.05, 4.69) is 25.9 Å². The minimum Gasteiger partial charge on any atom is -0.496 e. The van der Waals surface area contributed by atoms with E-state index in [-0.39, 0.29) is 0 Å². The first-order valence-corrected chi connectivity index (χ1v) is 6.61. The van der Waals surface area contributed by atoms with Crippen LogP contribution in [0.4, 0.5) is 0 Å². The fourth-order valence-corrected chi connectivity index (χ4v) is 2.31. The highest BCUT2D eigenvalue weighted by Crippen LogP contribution is 2.35. The Bertz CT molecular complexity index is 556. The van der Waals surface area contributed by atoms with Gasteiger partial charge in [-0.25, -0.2) is 4.98 Å². The summed E-state index contributed by atoms with van der Waals surface area (Å²) < 4.78 is 6.26. The van der Waals surface area contributed by atoms with E-state index in [4.69, 9.17) is 22.1 Å². The summed E-state index contributed by atoms with van der Waals surface area (Å²) in [6.07, 6.45) is 0.663. The third-order valence-electron chi connectivity index (χ3n) is 2.51. The molecule has 1 aromatic carbocycles. The van der Waals surface area contributed by atoms with Gasteiger partial charge in [0.05, 0.1) is 7.11 Å². The highest BCUT2D eigenvalue weighted by molar-refractivity contribution is 9.10. The van der Waals surface area contributed by atoms with Crippen LogP contribution in [0.1, 0.15) is 5.82 Å². The zero-order valence-electron chi connectivity index (χ0n) is 9.84. The highest BCUT2D eigenvalue weighted by atomic mass is 79.9. The van der Waals surface area contributed by atoms with E-state index in [1.807, 2.05) is 18.2 Å². The summed E-state index contributed by atoms with van der Waals surface area (Å²) in [6, 6.07) is 5.70. The molecule has 0 spiro atoms. The van der Waals surface area contributed by atoms with Crippen LogP contribution in [0.5, 0.6) is 5.75 Å². The fraction of sp³-hybridized carbons (Fsp3) is 0.250. The Morgan fingerprint density at radius 1 is 1.50 bits per heavy atom. The number of ether oxygens (including phenoxy) is 1. The maximum atomic E-state index is 6.17. The predicted molar refractivity (Wildman–Crippen MR) is 76.0 cm³/mol. The molecule has 0 fully saturated rings. The van der Waals surface area contributed by atoms with Gasteiger partial charge in [-0.1, -0.05) is 27.5 Å². The number of aromatic amines is 1. The van der Waals surface area contributed by atoms with Crippen molar-refractivity contribution in [3.8, 4) is 17.0 Å². The molecule has 4 nitrogen and oxygen atoms in total. The number of nitrogens with one attached hydrogen (secondary N) is 1. The quantitative estimate of drug-likeness (QED) is 0.906. The van der Waals surface area contributed by atoms with Crippen LogP contribution in [0.15, 0.2) is 22.7 Å². The van der Waals surface area contributed by atoms with Crippen molar-refractivity contribution in [1.82, 2.24) is 9.97 Å². The molecule has 0 amide bonds. The van der Waals surface area contributed by atoms with E-state index in [1.165, 1.54) is 0 Å². The van der Waals surface area contributed by atoms with Gasteiger partial charge in [0.1, 0.15) is 22.4 Å². The number of aromatic nitrogens is 2. The first-order chi connectivity index (χ1) is 8.65. The molecule has 2 rings (SSSR count). The van der Waals surface area contributed by atoms with Gasteiger partial charge in [0.15, 0.2) is 0 Å². The lowest BCUT2D eigenvalue weighted by molar-refractivity contribution is 0.416. The van der Waals surface area contributed by atoms with Gasteiger partial charge in [-0.15, -0.1) is 0 Å². The van der Waals surface area contributed by atoms with E-state index in [1.54, 1.807) is 7.11 Å². The van der Waals surface area contributed by atoms with E-state index in [0.29, 0.717) is 23.8 Å². The zero-order valence-corrected chi connectivity index (χ0v) is 12.2. The van der Waals surface area contributed by atoms with E-state index in [9.17, 15) is 0 Å². The van der Waals surface area contributed by atoms with Crippen molar-refractivity contribution < 1.29 is 4.74 Å².